The molecule has 0 radical (unpaired) electrons. The van der Waals surface area contributed by atoms with Crippen LogP contribution in [-0.2, 0) is 0 Å². The van der Waals surface area contributed by atoms with Crippen molar-refractivity contribution in [1.82, 2.24) is 5.32 Å². The van der Waals surface area contributed by atoms with Gasteiger partial charge in [0.1, 0.15) is 5.75 Å². The Bertz CT molecular complexity index is 311. The van der Waals surface area contributed by atoms with Gasteiger partial charge in [-0.2, -0.15) is 8.78 Å². The third-order valence-electron chi connectivity index (χ3n) is 1.57. The highest BCUT2D eigenvalue weighted by Gasteiger charge is 2.05. The summed E-state index contributed by atoms with van der Waals surface area (Å²) < 4.78 is 27.6. The van der Waals surface area contributed by atoms with E-state index >= 15 is 0 Å². The van der Waals surface area contributed by atoms with E-state index in [1.165, 1.54) is 31.3 Å². The first-order valence-electron chi connectivity index (χ1n) is 3.90. The molecule has 0 unspecified atom stereocenters. The molecule has 0 atom stereocenters. The molecule has 1 amide bonds. The minimum atomic E-state index is -2.85. The number of benzene rings is 1. The molecule has 0 saturated carbocycles. The lowest BCUT2D eigenvalue weighted by molar-refractivity contribution is -0.0498. The summed E-state index contributed by atoms with van der Waals surface area (Å²) in [7, 11) is 1.49. The average Bonchev–Trinajstić information content (AvgIpc) is 2.17. The Morgan fingerprint density at radius 3 is 2.36 bits per heavy atom. The second-order valence-corrected chi connectivity index (χ2v) is 2.48. The molecule has 1 aromatic rings. The van der Waals surface area contributed by atoms with Crippen LogP contribution in [0.25, 0.3) is 0 Å². The van der Waals surface area contributed by atoms with Crippen LogP contribution in [-0.4, -0.2) is 19.6 Å². The number of amides is 1. The first-order valence-corrected chi connectivity index (χ1v) is 3.90. The fourth-order valence-corrected chi connectivity index (χ4v) is 0.932. The number of nitrogens with one attached hydrogen (secondary N) is 1. The Labute approximate surface area is 79.7 Å². The Balaban J connectivity index is 2.73. The van der Waals surface area contributed by atoms with Gasteiger partial charge in [0.2, 0.25) is 0 Å². The Morgan fingerprint density at radius 2 is 1.93 bits per heavy atom. The number of rotatable bonds is 3. The fourth-order valence-electron chi connectivity index (χ4n) is 0.932. The molecule has 0 aliphatic carbocycles. The van der Waals surface area contributed by atoms with E-state index in [0.717, 1.165) is 0 Å². The third-order valence-corrected chi connectivity index (χ3v) is 1.57. The van der Waals surface area contributed by atoms with Crippen LogP contribution in [0.4, 0.5) is 8.78 Å². The Hall–Kier alpha value is -1.65. The number of hydrogen-bond acceptors (Lipinski definition) is 2. The van der Waals surface area contributed by atoms with Gasteiger partial charge in [0, 0.05) is 12.6 Å². The first kappa shape index (κ1) is 10.4. The molecule has 1 rings (SSSR count). The van der Waals surface area contributed by atoms with E-state index in [0.29, 0.717) is 5.56 Å². The summed E-state index contributed by atoms with van der Waals surface area (Å²) in [4.78, 5) is 11.0. The average molecular weight is 201 g/mol. The summed E-state index contributed by atoms with van der Waals surface area (Å²) in [6, 6.07) is 5.46. The lowest BCUT2D eigenvalue weighted by Gasteiger charge is -2.04. The molecule has 0 aliphatic heterocycles. The SMILES string of the molecule is CNC(=O)c1ccc(OC(F)F)cc1. The Kier molecular flexibility index (Phi) is 3.39. The van der Waals surface area contributed by atoms with Crippen molar-refractivity contribution in [2.45, 2.75) is 6.61 Å². The van der Waals surface area contributed by atoms with Crippen molar-refractivity contribution in [2.24, 2.45) is 0 Å². The van der Waals surface area contributed by atoms with E-state index in [1.54, 1.807) is 0 Å². The number of carbonyl (C=O) groups is 1. The lowest BCUT2D eigenvalue weighted by atomic mass is 10.2. The minimum Gasteiger partial charge on any atom is -0.435 e. The topological polar surface area (TPSA) is 38.3 Å². The van der Waals surface area contributed by atoms with Gasteiger partial charge < -0.3 is 10.1 Å². The van der Waals surface area contributed by atoms with Crippen molar-refractivity contribution in [2.75, 3.05) is 7.05 Å². The maximum Gasteiger partial charge on any atom is 0.387 e. The van der Waals surface area contributed by atoms with Gasteiger partial charge in [0.25, 0.3) is 5.91 Å². The van der Waals surface area contributed by atoms with E-state index < -0.39 is 6.61 Å². The minimum absolute atomic E-state index is 0.0349. The number of alkyl halides is 2. The molecular weight excluding hydrogens is 192 g/mol. The van der Waals surface area contributed by atoms with Crippen LogP contribution in [0.15, 0.2) is 24.3 Å². The summed E-state index contributed by atoms with van der Waals surface area (Å²) in [6.07, 6.45) is 0. The molecule has 0 aliphatic rings. The summed E-state index contributed by atoms with van der Waals surface area (Å²) in [5, 5.41) is 2.41. The van der Waals surface area contributed by atoms with Crippen molar-refractivity contribution in [3.63, 3.8) is 0 Å². The number of halogens is 2. The largest absolute Gasteiger partial charge is 0.435 e. The van der Waals surface area contributed by atoms with E-state index in [-0.39, 0.29) is 11.7 Å². The zero-order chi connectivity index (χ0) is 10.6. The predicted molar refractivity (Wildman–Crippen MR) is 46.5 cm³/mol. The highest BCUT2D eigenvalue weighted by atomic mass is 19.3. The molecule has 0 saturated heterocycles. The van der Waals surface area contributed by atoms with Crippen molar-refractivity contribution >= 4 is 5.91 Å². The number of hydrogen-bond donors (Lipinski definition) is 1. The zero-order valence-corrected chi connectivity index (χ0v) is 7.46. The van der Waals surface area contributed by atoms with Crippen LogP contribution in [0, 0.1) is 0 Å². The summed E-state index contributed by atoms with van der Waals surface area (Å²) in [5.41, 5.74) is 0.397. The maximum absolute atomic E-state index is 11.7. The van der Waals surface area contributed by atoms with Crippen molar-refractivity contribution in [3.05, 3.63) is 29.8 Å². The van der Waals surface area contributed by atoms with Crippen LogP contribution < -0.4 is 10.1 Å². The molecule has 1 N–H and O–H groups in total. The van der Waals surface area contributed by atoms with Gasteiger partial charge in [-0.25, -0.2) is 0 Å². The molecule has 3 nitrogen and oxygen atoms in total. The number of carbonyl (C=O) groups excluding carboxylic acids is 1. The van der Waals surface area contributed by atoms with Gasteiger partial charge in [-0.15, -0.1) is 0 Å². The standard InChI is InChI=1S/C9H9F2NO2/c1-12-8(13)6-2-4-7(5-3-6)14-9(10)11/h2-5,9H,1H3,(H,12,13). The lowest BCUT2D eigenvalue weighted by Crippen LogP contribution is -2.17. The number of ether oxygens (including phenoxy) is 1. The van der Waals surface area contributed by atoms with Crippen molar-refractivity contribution < 1.29 is 18.3 Å². The third kappa shape index (κ3) is 2.69. The van der Waals surface area contributed by atoms with Crippen LogP contribution in [0.5, 0.6) is 5.75 Å². The van der Waals surface area contributed by atoms with Crippen molar-refractivity contribution in [1.29, 1.82) is 0 Å². The van der Waals surface area contributed by atoms with E-state index in [9.17, 15) is 13.6 Å². The molecule has 0 aromatic heterocycles. The second-order valence-electron chi connectivity index (χ2n) is 2.48. The molecule has 0 spiro atoms. The summed E-state index contributed by atoms with van der Waals surface area (Å²) in [5.74, 6) is -0.235. The highest BCUT2D eigenvalue weighted by molar-refractivity contribution is 5.94. The fraction of sp³-hybridized carbons (Fsp3) is 0.222. The normalized spacial score (nSPS) is 10.0. The van der Waals surface area contributed by atoms with Gasteiger partial charge >= 0.3 is 6.61 Å². The molecule has 1 aromatic carbocycles. The monoisotopic (exact) mass is 201 g/mol. The van der Waals surface area contributed by atoms with E-state index in [2.05, 4.69) is 10.1 Å². The van der Waals surface area contributed by atoms with Crippen molar-refractivity contribution in [3.8, 4) is 5.75 Å². The molecule has 5 heteroatoms. The quantitative estimate of drug-likeness (QED) is 0.807. The first-order chi connectivity index (χ1) is 6.63. The molecule has 0 bridgehead atoms. The zero-order valence-electron chi connectivity index (χ0n) is 7.46. The van der Waals surface area contributed by atoms with Gasteiger partial charge in [-0.1, -0.05) is 0 Å². The molecule has 14 heavy (non-hydrogen) atoms. The maximum atomic E-state index is 11.7. The Morgan fingerprint density at radius 1 is 1.36 bits per heavy atom. The molecular formula is C9H9F2NO2. The van der Waals surface area contributed by atoms with Crippen LogP contribution in [0.3, 0.4) is 0 Å². The van der Waals surface area contributed by atoms with Crippen LogP contribution in [0.1, 0.15) is 10.4 Å². The molecule has 0 heterocycles. The second kappa shape index (κ2) is 4.55. The van der Waals surface area contributed by atoms with E-state index in [1.807, 2.05) is 0 Å². The summed E-state index contributed by atoms with van der Waals surface area (Å²) in [6.45, 7) is -2.85. The van der Waals surface area contributed by atoms with Gasteiger partial charge in [-0.3, -0.25) is 4.79 Å². The van der Waals surface area contributed by atoms with Crippen LogP contribution in [0.2, 0.25) is 0 Å². The summed E-state index contributed by atoms with van der Waals surface area (Å²) >= 11 is 0. The van der Waals surface area contributed by atoms with E-state index in [4.69, 9.17) is 0 Å². The van der Waals surface area contributed by atoms with Gasteiger partial charge in [-0.05, 0) is 24.3 Å². The van der Waals surface area contributed by atoms with Gasteiger partial charge in [0.05, 0.1) is 0 Å². The van der Waals surface area contributed by atoms with Crippen LogP contribution >= 0.6 is 0 Å². The highest BCUT2D eigenvalue weighted by Crippen LogP contribution is 2.14. The molecule has 76 valence electrons. The molecule has 0 fully saturated rings. The smallest absolute Gasteiger partial charge is 0.387 e. The predicted octanol–water partition coefficient (Wildman–Crippen LogP) is 1.65. The van der Waals surface area contributed by atoms with Gasteiger partial charge in [0.15, 0.2) is 0 Å².